The molecule has 1 atom stereocenters. The highest BCUT2D eigenvalue weighted by atomic mass is 79.9. The standard InChI is InChI=1S/C15H11BrF3N/c16-10-6-13(19)15(7-12(10)18)20-14-5-4-8-9(14)2-1-3-11(8)17/h1-3,6-7,14,20H,4-5H2. The summed E-state index contributed by atoms with van der Waals surface area (Å²) in [5.74, 6) is -1.32. The topological polar surface area (TPSA) is 12.0 Å². The van der Waals surface area contributed by atoms with Crippen molar-refractivity contribution in [2.45, 2.75) is 18.9 Å². The normalized spacial score (nSPS) is 17.1. The summed E-state index contributed by atoms with van der Waals surface area (Å²) in [4.78, 5) is 0. The molecule has 0 bridgehead atoms. The summed E-state index contributed by atoms with van der Waals surface area (Å²) in [5, 5.41) is 2.96. The smallest absolute Gasteiger partial charge is 0.147 e. The van der Waals surface area contributed by atoms with Crippen LogP contribution in [0.25, 0.3) is 0 Å². The zero-order valence-electron chi connectivity index (χ0n) is 10.4. The molecular formula is C15H11BrF3N. The fourth-order valence-corrected chi connectivity index (χ4v) is 2.90. The lowest BCUT2D eigenvalue weighted by molar-refractivity contribution is 0.593. The second-order valence-electron chi connectivity index (χ2n) is 4.79. The SMILES string of the molecule is Fc1cc(NC2CCc3c(F)cccc32)c(F)cc1Br. The summed E-state index contributed by atoms with van der Waals surface area (Å²) < 4.78 is 41.0. The molecule has 0 amide bonds. The summed E-state index contributed by atoms with van der Waals surface area (Å²) in [5.41, 5.74) is 1.56. The van der Waals surface area contributed by atoms with Gasteiger partial charge in [-0.15, -0.1) is 0 Å². The number of benzene rings is 2. The van der Waals surface area contributed by atoms with Crippen LogP contribution in [0.2, 0.25) is 0 Å². The van der Waals surface area contributed by atoms with E-state index in [1.54, 1.807) is 6.07 Å². The van der Waals surface area contributed by atoms with E-state index in [4.69, 9.17) is 0 Å². The largest absolute Gasteiger partial charge is 0.376 e. The van der Waals surface area contributed by atoms with Gasteiger partial charge in [0, 0.05) is 6.07 Å². The fourth-order valence-electron chi connectivity index (χ4n) is 2.58. The van der Waals surface area contributed by atoms with Crippen molar-refractivity contribution in [3.05, 3.63) is 63.4 Å². The third kappa shape index (κ3) is 2.30. The lowest BCUT2D eigenvalue weighted by atomic mass is 10.1. The number of halogens is 4. The van der Waals surface area contributed by atoms with E-state index < -0.39 is 11.6 Å². The van der Waals surface area contributed by atoms with Crippen LogP contribution < -0.4 is 5.32 Å². The van der Waals surface area contributed by atoms with Gasteiger partial charge in [-0.3, -0.25) is 0 Å². The first-order chi connectivity index (χ1) is 9.56. The molecule has 1 unspecified atom stereocenters. The van der Waals surface area contributed by atoms with Gasteiger partial charge in [-0.2, -0.15) is 0 Å². The number of hydrogen-bond acceptors (Lipinski definition) is 1. The molecule has 1 aliphatic rings. The van der Waals surface area contributed by atoms with E-state index in [0.29, 0.717) is 18.4 Å². The number of anilines is 1. The molecule has 0 saturated carbocycles. The van der Waals surface area contributed by atoms with E-state index in [0.717, 1.165) is 17.7 Å². The van der Waals surface area contributed by atoms with E-state index in [-0.39, 0.29) is 22.0 Å². The van der Waals surface area contributed by atoms with Crippen molar-refractivity contribution >= 4 is 21.6 Å². The van der Waals surface area contributed by atoms with Crippen molar-refractivity contribution in [2.75, 3.05) is 5.32 Å². The Morgan fingerprint density at radius 3 is 2.65 bits per heavy atom. The maximum atomic E-state index is 13.8. The summed E-state index contributed by atoms with van der Waals surface area (Å²) in [6, 6.07) is 6.86. The summed E-state index contributed by atoms with van der Waals surface area (Å²) >= 11 is 2.94. The number of nitrogens with one attached hydrogen (secondary N) is 1. The third-order valence-corrected chi connectivity index (χ3v) is 4.16. The van der Waals surface area contributed by atoms with Gasteiger partial charge in [0.1, 0.15) is 17.5 Å². The quantitative estimate of drug-likeness (QED) is 0.760. The maximum absolute atomic E-state index is 13.8. The minimum Gasteiger partial charge on any atom is -0.376 e. The van der Waals surface area contributed by atoms with Crippen LogP contribution in [0.1, 0.15) is 23.6 Å². The van der Waals surface area contributed by atoms with Crippen molar-refractivity contribution in [1.82, 2.24) is 0 Å². The molecule has 1 aliphatic carbocycles. The molecule has 5 heteroatoms. The second kappa shape index (κ2) is 5.13. The Morgan fingerprint density at radius 1 is 1.05 bits per heavy atom. The van der Waals surface area contributed by atoms with Crippen LogP contribution in [0, 0.1) is 17.5 Å². The molecule has 3 rings (SSSR count). The molecule has 2 aromatic carbocycles. The Bertz CT molecular complexity index is 672. The van der Waals surface area contributed by atoms with E-state index in [1.807, 2.05) is 6.07 Å². The van der Waals surface area contributed by atoms with Crippen LogP contribution >= 0.6 is 15.9 Å². The number of hydrogen-bond donors (Lipinski definition) is 1. The van der Waals surface area contributed by atoms with Crippen molar-refractivity contribution in [2.24, 2.45) is 0 Å². The van der Waals surface area contributed by atoms with Crippen molar-refractivity contribution in [3.63, 3.8) is 0 Å². The summed E-state index contributed by atoms with van der Waals surface area (Å²) in [6.07, 6.45) is 1.26. The van der Waals surface area contributed by atoms with Crippen LogP contribution in [0.4, 0.5) is 18.9 Å². The molecule has 0 spiro atoms. The zero-order valence-corrected chi connectivity index (χ0v) is 12.0. The summed E-state index contributed by atoms with van der Waals surface area (Å²) in [7, 11) is 0. The van der Waals surface area contributed by atoms with E-state index in [9.17, 15) is 13.2 Å². The highest BCUT2D eigenvalue weighted by Gasteiger charge is 2.25. The van der Waals surface area contributed by atoms with Crippen LogP contribution in [-0.2, 0) is 6.42 Å². The third-order valence-electron chi connectivity index (χ3n) is 3.55. The number of fused-ring (bicyclic) bond motifs is 1. The average Bonchev–Trinajstić information content (AvgIpc) is 2.81. The molecule has 1 nitrogen and oxygen atoms in total. The lowest BCUT2D eigenvalue weighted by Gasteiger charge is -2.16. The molecule has 104 valence electrons. The molecule has 20 heavy (non-hydrogen) atoms. The van der Waals surface area contributed by atoms with Gasteiger partial charge in [0.15, 0.2) is 0 Å². The Kier molecular flexibility index (Phi) is 3.46. The van der Waals surface area contributed by atoms with E-state index >= 15 is 0 Å². The molecule has 0 aliphatic heterocycles. The molecule has 0 heterocycles. The van der Waals surface area contributed by atoms with Gasteiger partial charge >= 0.3 is 0 Å². The number of rotatable bonds is 2. The van der Waals surface area contributed by atoms with Gasteiger partial charge in [0.05, 0.1) is 16.2 Å². The average molecular weight is 342 g/mol. The molecule has 0 radical (unpaired) electrons. The van der Waals surface area contributed by atoms with Crippen LogP contribution in [0.15, 0.2) is 34.8 Å². The van der Waals surface area contributed by atoms with Crippen molar-refractivity contribution in [1.29, 1.82) is 0 Å². The lowest BCUT2D eigenvalue weighted by Crippen LogP contribution is -2.09. The van der Waals surface area contributed by atoms with Gasteiger partial charge in [-0.05, 0) is 52.0 Å². The van der Waals surface area contributed by atoms with Crippen molar-refractivity contribution < 1.29 is 13.2 Å². The summed E-state index contributed by atoms with van der Waals surface area (Å²) in [6.45, 7) is 0. The monoisotopic (exact) mass is 341 g/mol. The van der Waals surface area contributed by atoms with E-state index in [2.05, 4.69) is 21.2 Å². The predicted molar refractivity (Wildman–Crippen MR) is 75.1 cm³/mol. The minimum absolute atomic E-state index is 0.0819. The maximum Gasteiger partial charge on any atom is 0.147 e. The predicted octanol–water partition coefficient (Wildman–Crippen LogP) is 4.97. The van der Waals surface area contributed by atoms with Crippen molar-refractivity contribution in [3.8, 4) is 0 Å². The van der Waals surface area contributed by atoms with Gasteiger partial charge in [-0.1, -0.05) is 12.1 Å². The molecule has 2 aromatic rings. The first kappa shape index (κ1) is 13.5. The molecule has 1 N–H and O–H groups in total. The Morgan fingerprint density at radius 2 is 1.85 bits per heavy atom. The molecule has 0 saturated heterocycles. The van der Waals surface area contributed by atoms with Gasteiger partial charge in [0.2, 0.25) is 0 Å². The van der Waals surface area contributed by atoms with Crippen LogP contribution in [0.3, 0.4) is 0 Å². The zero-order chi connectivity index (χ0) is 14.3. The van der Waals surface area contributed by atoms with Crippen LogP contribution in [-0.4, -0.2) is 0 Å². The second-order valence-corrected chi connectivity index (χ2v) is 5.64. The van der Waals surface area contributed by atoms with E-state index in [1.165, 1.54) is 6.07 Å². The Labute approximate surface area is 122 Å². The minimum atomic E-state index is -0.539. The molecular weight excluding hydrogens is 331 g/mol. The van der Waals surface area contributed by atoms with Gasteiger partial charge in [0.25, 0.3) is 0 Å². The first-order valence-electron chi connectivity index (χ1n) is 6.24. The molecule has 0 aromatic heterocycles. The molecule has 0 fully saturated rings. The first-order valence-corrected chi connectivity index (χ1v) is 7.04. The highest BCUT2D eigenvalue weighted by molar-refractivity contribution is 9.10. The Hall–Kier alpha value is -1.49. The van der Waals surface area contributed by atoms with Crippen LogP contribution in [0.5, 0.6) is 0 Å². The highest BCUT2D eigenvalue weighted by Crippen LogP contribution is 2.36. The van der Waals surface area contributed by atoms with Gasteiger partial charge in [-0.25, -0.2) is 13.2 Å². The fraction of sp³-hybridized carbons (Fsp3) is 0.200. The van der Waals surface area contributed by atoms with Gasteiger partial charge < -0.3 is 5.32 Å². The Balaban J connectivity index is 1.91.